The van der Waals surface area contributed by atoms with E-state index in [0.29, 0.717) is 0 Å². The molecule has 0 fully saturated rings. The van der Waals surface area contributed by atoms with Crippen LogP contribution in [0.4, 0.5) is 5.69 Å². The van der Waals surface area contributed by atoms with E-state index in [4.69, 9.17) is 11.6 Å². The number of hydrogen-bond donors (Lipinski definition) is 2. The van der Waals surface area contributed by atoms with Gasteiger partial charge in [-0.05, 0) is 12.1 Å². The van der Waals surface area contributed by atoms with Crippen LogP contribution >= 0.6 is 11.6 Å². The molecule has 0 aliphatic carbocycles. The third kappa shape index (κ3) is 5.11. The van der Waals surface area contributed by atoms with E-state index in [2.05, 4.69) is 4.72 Å². The second kappa shape index (κ2) is 5.33. The van der Waals surface area contributed by atoms with Crippen LogP contribution in [0.15, 0.2) is 18.2 Å². The Morgan fingerprint density at radius 3 is 2.33 bits per heavy atom. The van der Waals surface area contributed by atoms with E-state index >= 15 is 0 Å². The molecule has 1 rings (SSSR count). The number of sulfone groups is 1. The predicted molar refractivity (Wildman–Crippen MR) is 70.2 cm³/mol. The van der Waals surface area contributed by atoms with Crippen molar-refractivity contribution in [2.45, 2.75) is 0 Å². The second-order valence-corrected chi connectivity index (χ2v) is 8.23. The highest BCUT2D eigenvalue weighted by Crippen LogP contribution is 2.26. The normalized spacial score (nSPS) is 12.3. The van der Waals surface area contributed by atoms with Crippen LogP contribution in [0.5, 0.6) is 5.75 Å². The summed E-state index contributed by atoms with van der Waals surface area (Å²) < 4.78 is 47.0. The number of nitrogens with one attached hydrogen (secondary N) is 1. The Hall–Kier alpha value is -0.990. The van der Waals surface area contributed by atoms with Crippen molar-refractivity contribution in [3.05, 3.63) is 23.2 Å². The minimum atomic E-state index is -3.78. The van der Waals surface area contributed by atoms with Gasteiger partial charge in [0.25, 0.3) is 0 Å². The Morgan fingerprint density at radius 1 is 1.22 bits per heavy atom. The van der Waals surface area contributed by atoms with Crippen LogP contribution in [0.1, 0.15) is 0 Å². The first-order valence-corrected chi connectivity index (χ1v) is 8.85. The number of anilines is 1. The summed E-state index contributed by atoms with van der Waals surface area (Å²) in [6.45, 7) is 0. The molecule has 0 unspecified atom stereocenters. The fraction of sp³-hybridized carbons (Fsp3) is 0.333. The molecular formula is C9H12ClNO5S2. The molecule has 18 heavy (non-hydrogen) atoms. The van der Waals surface area contributed by atoms with Crippen LogP contribution in [0.3, 0.4) is 0 Å². The van der Waals surface area contributed by atoms with Gasteiger partial charge in [-0.3, -0.25) is 4.72 Å². The highest BCUT2D eigenvalue weighted by atomic mass is 35.5. The van der Waals surface area contributed by atoms with Crippen molar-refractivity contribution in [2.24, 2.45) is 0 Å². The Balaban J connectivity index is 2.80. The van der Waals surface area contributed by atoms with Crippen LogP contribution in [-0.2, 0) is 19.9 Å². The maximum Gasteiger partial charge on any atom is 0.233 e. The molecule has 0 aliphatic rings. The van der Waals surface area contributed by atoms with Gasteiger partial charge in [-0.2, -0.15) is 0 Å². The van der Waals surface area contributed by atoms with Gasteiger partial charge in [0.2, 0.25) is 10.0 Å². The van der Waals surface area contributed by atoms with Gasteiger partial charge in [0.05, 0.1) is 22.2 Å². The second-order valence-electron chi connectivity index (χ2n) is 3.72. The number of phenols is 1. The zero-order valence-electron chi connectivity index (χ0n) is 9.42. The Bertz CT molecular complexity index is 639. The number of sulfonamides is 1. The molecule has 2 N–H and O–H groups in total. The molecule has 1 aromatic carbocycles. The lowest BCUT2D eigenvalue weighted by molar-refractivity contribution is 0.476. The molecule has 0 amide bonds. The van der Waals surface area contributed by atoms with E-state index < -0.39 is 31.4 Å². The molecule has 0 radical (unpaired) electrons. The van der Waals surface area contributed by atoms with Gasteiger partial charge in [-0.15, -0.1) is 0 Å². The Labute approximate surface area is 111 Å². The third-order valence-electron chi connectivity index (χ3n) is 1.94. The summed E-state index contributed by atoms with van der Waals surface area (Å²) >= 11 is 5.57. The fourth-order valence-corrected chi connectivity index (χ4v) is 3.86. The molecule has 0 heterocycles. The third-order valence-corrected chi connectivity index (χ3v) is 4.75. The van der Waals surface area contributed by atoms with E-state index in [0.717, 1.165) is 12.3 Å². The minimum absolute atomic E-state index is 0.0917. The summed E-state index contributed by atoms with van der Waals surface area (Å²) in [5, 5.41) is 9.39. The quantitative estimate of drug-likeness (QED) is 0.838. The van der Waals surface area contributed by atoms with Crippen LogP contribution in [0.2, 0.25) is 5.02 Å². The molecular weight excluding hydrogens is 302 g/mol. The zero-order valence-corrected chi connectivity index (χ0v) is 11.8. The van der Waals surface area contributed by atoms with E-state index in [1.807, 2.05) is 0 Å². The number of aromatic hydroxyl groups is 1. The van der Waals surface area contributed by atoms with E-state index in [-0.39, 0.29) is 16.5 Å². The molecule has 9 heteroatoms. The van der Waals surface area contributed by atoms with Crippen LogP contribution in [0.25, 0.3) is 0 Å². The summed E-state index contributed by atoms with van der Waals surface area (Å²) in [5.41, 5.74) is 0.116. The molecule has 0 aromatic heterocycles. The number of hydrogen-bond acceptors (Lipinski definition) is 5. The SMILES string of the molecule is CS(=O)(=O)CCS(=O)(=O)Nc1ccc(Cl)c(O)c1. The zero-order chi connectivity index (χ0) is 14.0. The molecule has 0 aliphatic heterocycles. The van der Waals surface area contributed by atoms with Crippen molar-refractivity contribution in [2.75, 3.05) is 22.5 Å². The fourth-order valence-electron chi connectivity index (χ4n) is 1.07. The van der Waals surface area contributed by atoms with Gasteiger partial charge < -0.3 is 5.11 Å². The molecule has 0 atom stereocenters. The first-order valence-electron chi connectivity index (χ1n) is 4.76. The number of halogens is 1. The Morgan fingerprint density at radius 2 is 1.83 bits per heavy atom. The maximum atomic E-state index is 11.6. The first-order chi connectivity index (χ1) is 8.09. The van der Waals surface area contributed by atoms with Gasteiger partial charge >= 0.3 is 0 Å². The number of benzene rings is 1. The Kier molecular flexibility index (Phi) is 4.46. The summed E-state index contributed by atoms with van der Waals surface area (Å²) in [6, 6.07) is 3.83. The molecule has 102 valence electrons. The van der Waals surface area contributed by atoms with Crippen LogP contribution in [-0.4, -0.2) is 39.7 Å². The smallest absolute Gasteiger partial charge is 0.233 e. The summed E-state index contributed by atoms with van der Waals surface area (Å²) in [5.74, 6) is -1.28. The first kappa shape index (κ1) is 15.1. The lowest BCUT2D eigenvalue weighted by Crippen LogP contribution is -2.22. The molecule has 0 saturated heterocycles. The standard InChI is InChI=1S/C9H12ClNO5S2/c1-17(13,14)4-5-18(15,16)11-7-2-3-8(10)9(12)6-7/h2-3,6,11-12H,4-5H2,1H3. The van der Waals surface area contributed by atoms with Gasteiger partial charge in [0.15, 0.2) is 0 Å². The maximum absolute atomic E-state index is 11.6. The molecule has 6 nitrogen and oxygen atoms in total. The number of rotatable bonds is 5. The van der Waals surface area contributed by atoms with Crippen LogP contribution < -0.4 is 4.72 Å². The van der Waals surface area contributed by atoms with E-state index in [1.165, 1.54) is 12.1 Å². The largest absolute Gasteiger partial charge is 0.506 e. The summed E-state index contributed by atoms with van der Waals surface area (Å²) in [7, 11) is -7.13. The van der Waals surface area contributed by atoms with Crippen molar-refractivity contribution in [1.82, 2.24) is 0 Å². The molecule has 0 saturated carbocycles. The average Bonchev–Trinajstić information content (AvgIpc) is 2.20. The van der Waals surface area contributed by atoms with E-state index in [1.54, 1.807) is 0 Å². The topological polar surface area (TPSA) is 101 Å². The molecule has 0 bridgehead atoms. The molecule has 0 spiro atoms. The lowest BCUT2D eigenvalue weighted by Gasteiger charge is -2.08. The average molecular weight is 314 g/mol. The van der Waals surface area contributed by atoms with Crippen molar-refractivity contribution < 1.29 is 21.9 Å². The van der Waals surface area contributed by atoms with Gasteiger partial charge in [-0.1, -0.05) is 11.6 Å². The van der Waals surface area contributed by atoms with Crippen molar-refractivity contribution in [3.63, 3.8) is 0 Å². The van der Waals surface area contributed by atoms with Crippen LogP contribution in [0, 0.1) is 0 Å². The highest BCUT2D eigenvalue weighted by Gasteiger charge is 2.15. The monoisotopic (exact) mass is 313 g/mol. The van der Waals surface area contributed by atoms with Crippen molar-refractivity contribution >= 4 is 37.1 Å². The number of phenolic OH excluding ortho intramolecular Hbond substituents is 1. The minimum Gasteiger partial charge on any atom is -0.506 e. The van der Waals surface area contributed by atoms with E-state index in [9.17, 15) is 21.9 Å². The highest BCUT2D eigenvalue weighted by molar-refractivity contribution is 7.95. The van der Waals surface area contributed by atoms with Crippen molar-refractivity contribution in [1.29, 1.82) is 0 Å². The van der Waals surface area contributed by atoms with Gasteiger partial charge in [-0.25, -0.2) is 16.8 Å². The predicted octanol–water partition coefficient (Wildman–Crippen LogP) is 0.832. The van der Waals surface area contributed by atoms with Gasteiger partial charge in [0, 0.05) is 12.3 Å². The van der Waals surface area contributed by atoms with Crippen molar-refractivity contribution in [3.8, 4) is 5.75 Å². The lowest BCUT2D eigenvalue weighted by atomic mass is 10.3. The van der Waals surface area contributed by atoms with Gasteiger partial charge in [0.1, 0.15) is 15.6 Å². The molecule has 1 aromatic rings. The summed E-state index contributed by atoms with van der Waals surface area (Å²) in [4.78, 5) is 0. The summed E-state index contributed by atoms with van der Waals surface area (Å²) in [6.07, 6.45) is 0.955.